The van der Waals surface area contributed by atoms with E-state index in [1.165, 1.54) is 12.0 Å². The zero-order chi connectivity index (χ0) is 18.4. The Hall–Kier alpha value is -2.56. The molecule has 26 heavy (non-hydrogen) atoms. The summed E-state index contributed by atoms with van der Waals surface area (Å²) in [7, 11) is 1.68. The second-order valence-corrected chi connectivity index (χ2v) is 6.96. The quantitative estimate of drug-likeness (QED) is 0.862. The Morgan fingerprint density at radius 2 is 2.23 bits per heavy atom. The lowest BCUT2D eigenvalue weighted by Crippen LogP contribution is -2.39. The summed E-state index contributed by atoms with van der Waals surface area (Å²) < 4.78 is 5.26. The van der Waals surface area contributed by atoms with E-state index in [1.807, 2.05) is 35.2 Å². The second-order valence-electron chi connectivity index (χ2n) is 6.96. The average molecular weight is 353 g/mol. The third-order valence-corrected chi connectivity index (χ3v) is 4.80. The van der Waals surface area contributed by atoms with Gasteiger partial charge in [-0.3, -0.25) is 9.78 Å². The Labute approximate surface area is 155 Å². The summed E-state index contributed by atoms with van der Waals surface area (Å²) in [4.78, 5) is 18.9. The first-order valence-electron chi connectivity index (χ1n) is 9.28. The molecule has 0 bridgehead atoms. The minimum atomic E-state index is 0.0352. The maximum Gasteiger partial charge on any atom is 0.272 e. The van der Waals surface area contributed by atoms with Crippen LogP contribution in [0.4, 0.5) is 5.69 Å². The molecule has 1 atom stereocenters. The van der Waals surface area contributed by atoms with Crippen LogP contribution in [0.2, 0.25) is 0 Å². The summed E-state index contributed by atoms with van der Waals surface area (Å²) in [5, 5.41) is 3.39. The lowest BCUT2D eigenvalue weighted by Gasteiger charge is -2.30. The number of amides is 1. The summed E-state index contributed by atoms with van der Waals surface area (Å²) in [5.74, 6) is 1.47. The molecular weight excluding hydrogens is 326 g/mol. The molecule has 1 aliphatic heterocycles. The fourth-order valence-electron chi connectivity index (χ4n) is 3.37. The lowest BCUT2D eigenvalue weighted by molar-refractivity contribution is 0.0677. The molecule has 2 heterocycles. The Bertz CT molecular complexity index is 748. The van der Waals surface area contributed by atoms with E-state index in [4.69, 9.17) is 4.74 Å². The maximum absolute atomic E-state index is 12.7. The Kier molecular flexibility index (Phi) is 6.10. The van der Waals surface area contributed by atoms with Crippen molar-refractivity contribution in [1.29, 1.82) is 0 Å². The van der Waals surface area contributed by atoms with Crippen LogP contribution in [0.25, 0.3) is 0 Å². The summed E-state index contributed by atoms with van der Waals surface area (Å²) >= 11 is 0. The molecule has 1 aromatic carbocycles. The van der Waals surface area contributed by atoms with Crippen molar-refractivity contribution in [3.8, 4) is 5.75 Å². The minimum absolute atomic E-state index is 0.0352. The molecule has 1 unspecified atom stereocenters. The number of nitrogens with one attached hydrogen (secondary N) is 1. The van der Waals surface area contributed by atoms with Crippen molar-refractivity contribution in [2.24, 2.45) is 5.92 Å². The number of hydrogen-bond acceptors (Lipinski definition) is 4. The predicted octanol–water partition coefficient (Wildman–Crippen LogP) is 3.62. The number of hydrogen-bond donors (Lipinski definition) is 1. The van der Waals surface area contributed by atoms with Crippen molar-refractivity contribution in [1.82, 2.24) is 9.88 Å². The number of carbonyl (C=O) groups excluding carboxylic acids is 1. The van der Waals surface area contributed by atoms with Gasteiger partial charge >= 0.3 is 0 Å². The van der Waals surface area contributed by atoms with Crippen LogP contribution in [0.1, 0.15) is 35.8 Å². The minimum Gasteiger partial charge on any atom is -0.497 e. The van der Waals surface area contributed by atoms with Gasteiger partial charge in [-0.15, -0.1) is 0 Å². The van der Waals surface area contributed by atoms with Gasteiger partial charge in [0.15, 0.2) is 0 Å². The van der Waals surface area contributed by atoms with Crippen LogP contribution in [-0.4, -0.2) is 42.5 Å². The van der Waals surface area contributed by atoms with E-state index in [0.29, 0.717) is 11.6 Å². The zero-order valence-corrected chi connectivity index (χ0v) is 15.6. The van der Waals surface area contributed by atoms with Crippen LogP contribution >= 0.6 is 0 Å². The maximum atomic E-state index is 12.7. The van der Waals surface area contributed by atoms with Gasteiger partial charge in [0.2, 0.25) is 0 Å². The number of piperidine rings is 1. The zero-order valence-electron chi connectivity index (χ0n) is 15.6. The predicted molar refractivity (Wildman–Crippen MR) is 104 cm³/mol. The van der Waals surface area contributed by atoms with Gasteiger partial charge < -0.3 is 15.0 Å². The van der Waals surface area contributed by atoms with Gasteiger partial charge in [0, 0.05) is 31.5 Å². The molecule has 1 N–H and O–H groups in total. The number of carbonyl (C=O) groups is 1. The smallest absolute Gasteiger partial charge is 0.272 e. The summed E-state index contributed by atoms with van der Waals surface area (Å²) in [6.07, 6.45) is 4.86. The first kappa shape index (κ1) is 18.2. The van der Waals surface area contributed by atoms with Gasteiger partial charge in [-0.1, -0.05) is 19.1 Å². The van der Waals surface area contributed by atoms with Crippen LogP contribution in [0.5, 0.6) is 5.75 Å². The van der Waals surface area contributed by atoms with Crippen molar-refractivity contribution < 1.29 is 9.53 Å². The fourth-order valence-corrected chi connectivity index (χ4v) is 3.37. The SMILES string of the molecule is COc1cccc(CCNc2ccnc(C(=O)N3CCCC(C)C3)c2)c1. The summed E-state index contributed by atoms with van der Waals surface area (Å²) in [6, 6.07) is 11.8. The highest BCUT2D eigenvalue weighted by molar-refractivity contribution is 5.93. The Balaban J connectivity index is 1.57. The monoisotopic (exact) mass is 353 g/mol. The van der Waals surface area contributed by atoms with Crippen LogP contribution in [0.15, 0.2) is 42.6 Å². The highest BCUT2D eigenvalue weighted by atomic mass is 16.5. The second kappa shape index (κ2) is 8.70. The molecule has 1 aliphatic rings. The highest BCUT2D eigenvalue weighted by Crippen LogP contribution is 2.19. The number of methoxy groups -OCH3 is 1. The van der Waals surface area contributed by atoms with Gasteiger partial charge in [0.25, 0.3) is 5.91 Å². The first-order valence-corrected chi connectivity index (χ1v) is 9.28. The number of rotatable bonds is 6. The van der Waals surface area contributed by atoms with Crippen LogP contribution in [0, 0.1) is 5.92 Å². The van der Waals surface area contributed by atoms with E-state index in [9.17, 15) is 4.79 Å². The first-order chi connectivity index (χ1) is 12.7. The molecule has 5 heteroatoms. The van der Waals surface area contributed by atoms with Gasteiger partial charge in [0.05, 0.1) is 7.11 Å². The number of pyridine rings is 1. The van der Waals surface area contributed by atoms with Crippen LogP contribution in [-0.2, 0) is 6.42 Å². The molecule has 1 saturated heterocycles. The molecule has 0 spiro atoms. The Morgan fingerprint density at radius 3 is 3.04 bits per heavy atom. The topological polar surface area (TPSA) is 54.5 Å². The van der Waals surface area contributed by atoms with Crippen LogP contribution in [0.3, 0.4) is 0 Å². The average Bonchev–Trinajstić information content (AvgIpc) is 2.68. The lowest BCUT2D eigenvalue weighted by atomic mass is 10.00. The van der Waals surface area contributed by atoms with Gasteiger partial charge in [-0.2, -0.15) is 0 Å². The van der Waals surface area contributed by atoms with Gasteiger partial charge in [-0.05, 0) is 55.0 Å². The van der Waals surface area contributed by atoms with E-state index in [-0.39, 0.29) is 5.91 Å². The van der Waals surface area contributed by atoms with Gasteiger partial charge in [0.1, 0.15) is 11.4 Å². The van der Waals surface area contributed by atoms with E-state index < -0.39 is 0 Å². The van der Waals surface area contributed by atoms with Crippen molar-refractivity contribution in [3.63, 3.8) is 0 Å². The number of nitrogens with zero attached hydrogens (tertiary/aromatic N) is 2. The third kappa shape index (κ3) is 4.75. The molecule has 1 fully saturated rings. The Morgan fingerprint density at radius 1 is 1.35 bits per heavy atom. The molecule has 3 rings (SSSR count). The molecule has 1 amide bonds. The molecule has 1 aromatic heterocycles. The number of ether oxygens (including phenoxy) is 1. The van der Waals surface area contributed by atoms with E-state index in [1.54, 1.807) is 13.3 Å². The summed E-state index contributed by atoms with van der Waals surface area (Å²) in [5.41, 5.74) is 2.66. The molecule has 5 nitrogen and oxygen atoms in total. The number of anilines is 1. The molecule has 138 valence electrons. The molecule has 0 saturated carbocycles. The van der Waals surface area contributed by atoms with Gasteiger partial charge in [-0.25, -0.2) is 0 Å². The number of aromatic nitrogens is 1. The van der Waals surface area contributed by atoms with Crippen molar-refractivity contribution in [2.45, 2.75) is 26.2 Å². The molecule has 2 aromatic rings. The van der Waals surface area contributed by atoms with Crippen molar-refractivity contribution in [3.05, 3.63) is 53.9 Å². The number of likely N-dealkylation sites (tertiary alicyclic amines) is 1. The van der Waals surface area contributed by atoms with E-state index in [2.05, 4.69) is 23.3 Å². The van der Waals surface area contributed by atoms with E-state index >= 15 is 0 Å². The standard InChI is InChI=1S/C21H27N3O2/c1-16-5-4-12-24(15-16)21(25)20-14-18(9-11-23-20)22-10-8-17-6-3-7-19(13-17)26-2/h3,6-7,9,11,13-14,16H,4-5,8,10,12,15H2,1-2H3,(H,22,23). The largest absolute Gasteiger partial charge is 0.497 e. The van der Waals surface area contributed by atoms with E-state index in [0.717, 1.165) is 43.9 Å². The fraction of sp³-hybridized carbons (Fsp3) is 0.429. The highest BCUT2D eigenvalue weighted by Gasteiger charge is 2.22. The normalized spacial score (nSPS) is 17.0. The van der Waals surface area contributed by atoms with Crippen molar-refractivity contribution >= 4 is 11.6 Å². The third-order valence-electron chi connectivity index (χ3n) is 4.80. The molecule has 0 aliphatic carbocycles. The van der Waals surface area contributed by atoms with Crippen LogP contribution < -0.4 is 10.1 Å². The summed E-state index contributed by atoms with van der Waals surface area (Å²) in [6.45, 7) is 4.64. The molecular formula is C21H27N3O2. The van der Waals surface area contributed by atoms with Crippen molar-refractivity contribution in [2.75, 3.05) is 32.1 Å². The number of benzene rings is 1. The molecule has 0 radical (unpaired) electrons.